The lowest BCUT2D eigenvalue weighted by atomic mass is 10.1. The predicted octanol–water partition coefficient (Wildman–Crippen LogP) is 23.6. The third-order valence-electron chi connectivity index (χ3n) is 15.8. The number of hydrogen-bond acceptors (Lipinski definition) is 15. The molecule has 0 bridgehead atoms. The van der Waals surface area contributed by atoms with Gasteiger partial charge in [0.1, 0.15) is 19.3 Å². The zero-order valence-electron chi connectivity index (χ0n) is 65.5. The van der Waals surface area contributed by atoms with E-state index in [1.807, 2.05) is 12.2 Å². The van der Waals surface area contributed by atoms with Crippen molar-refractivity contribution in [3.05, 3.63) is 182 Å². The van der Waals surface area contributed by atoms with E-state index in [0.29, 0.717) is 32.1 Å². The van der Waals surface area contributed by atoms with Crippen molar-refractivity contribution in [2.45, 2.75) is 303 Å². The lowest BCUT2D eigenvalue weighted by Crippen LogP contribution is -2.30. The van der Waals surface area contributed by atoms with E-state index in [-0.39, 0.29) is 25.7 Å². The number of aliphatic hydroxyl groups excluding tert-OH is 1. The van der Waals surface area contributed by atoms with Crippen LogP contribution in [0.2, 0.25) is 0 Å². The summed E-state index contributed by atoms with van der Waals surface area (Å²) in [5.41, 5.74) is 0. The van der Waals surface area contributed by atoms with Crippen molar-refractivity contribution in [2.75, 3.05) is 39.6 Å². The molecule has 0 saturated carbocycles. The summed E-state index contributed by atoms with van der Waals surface area (Å²) in [6.45, 7) is 4.32. The first kappa shape index (κ1) is 100. The number of phosphoric ester groups is 2. The topological polar surface area (TPSA) is 237 Å². The van der Waals surface area contributed by atoms with Crippen LogP contribution in [0.4, 0.5) is 0 Å². The van der Waals surface area contributed by atoms with Crippen LogP contribution in [0.1, 0.15) is 285 Å². The molecule has 0 saturated heterocycles. The van der Waals surface area contributed by atoms with E-state index in [4.69, 9.17) is 37.0 Å². The zero-order valence-corrected chi connectivity index (χ0v) is 67.3. The first-order valence-electron chi connectivity index (χ1n) is 40.0. The van der Waals surface area contributed by atoms with Crippen LogP contribution in [0.5, 0.6) is 0 Å². The number of phosphoric acid groups is 2. The monoisotopic (exact) mass is 1520 g/mol. The number of allylic oxidation sites excluding steroid dienone is 30. The fraction of sp³-hybridized carbons (Fsp3) is 0.609. The van der Waals surface area contributed by atoms with E-state index in [1.165, 1.54) is 0 Å². The van der Waals surface area contributed by atoms with Gasteiger partial charge >= 0.3 is 39.5 Å². The summed E-state index contributed by atoms with van der Waals surface area (Å²) in [7, 11) is -10.0. The van der Waals surface area contributed by atoms with E-state index in [9.17, 15) is 43.2 Å². The second-order valence-electron chi connectivity index (χ2n) is 25.9. The lowest BCUT2D eigenvalue weighted by Gasteiger charge is -2.21. The average molecular weight is 1520 g/mol. The van der Waals surface area contributed by atoms with Crippen LogP contribution in [-0.4, -0.2) is 96.7 Å². The molecule has 0 amide bonds. The third kappa shape index (κ3) is 76.4. The fourth-order valence-corrected chi connectivity index (χ4v) is 11.4. The Morgan fingerprint density at radius 2 is 0.500 bits per heavy atom. The molecule has 0 rings (SSSR count). The van der Waals surface area contributed by atoms with Crippen molar-refractivity contribution in [3.8, 4) is 0 Å². The molecule has 0 aliphatic heterocycles. The first-order valence-corrected chi connectivity index (χ1v) is 43.0. The molecule has 106 heavy (non-hydrogen) atoms. The molecule has 5 unspecified atom stereocenters. The molecule has 0 aromatic heterocycles. The van der Waals surface area contributed by atoms with Gasteiger partial charge in [-0.25, -0.2) is 9.13 Å². The highest BCUT2D eigenvalue weighted by molar-refractivity contribution is 7.47. The van der Waals surface area contributed by atoms with Gasteiger partial charge in [-0.3, -0.25) is 37.3 Å². The van der Waals surface area contributed by atoms with Crippen molar-refractivity contribution in [1.29, 1.82) is 0 Å². The molecule has 5 atom stereocenters. The van der Waals surface area contributed by atoms with E-state index in [2.05, 4.69) is 198 Å². The summed E-state index contributed by atoms with van der Waals surface area (Å²) in [4.78, 5) is 73.0. The highest BCUT2D eigenvalue weighted by Crippen LogP contribution is 2.45. The van der Waals surface area contributed by atoms with Gasteiger partial charge < -0.3 is 33.8 Å². The summed E-state index contributed by atoms with van der Waals surface area (Å²) in [6.07, 6.45) is 93.1. The number of esters is 4. The average Bonchev–Trinajstić information content (AvgIpc) is 0.900. The molecule has 3 N–H and O–H groups in total. The summed E-state index contributed by atoms with van der Waals surface area (Å²) < 4.78 is 68.5. The molecule has 0 spiro atoms. The summed E-state index contributed by atoms with van der Waals surface area (Å²) in [5.74, 6) is -2.32. The maximum Gasteiger partial charge on any atom is 0.472 e. The van der Waals surface area contributed by atoms with E-state index >= 15 is 0 Å². The van der Waals surface area contributed by atoms with Gasteiger partial charge in [-0.05, 0) is 167 Å². The zero-order chi connectivity index (χ0) is 77.4. The lowest BCUT2D eigenvalue weighted by molar-refractivity contribution is -0.161. The number of rotatable bonds is 73. The van der Waals surface area contributed by atoms with Crippen LogP contribution in [0, 0.1) is 0 Å². The predicted molar refractivity (Wildman–Crippen MR) is 436 cm³/mol. The number of carbonyl (C=O) groups is 4. The van der Waals surface area contributed by atoms with Gasteiger partial charge in [0.15, 0.2) is 12.2 Å². The van der Waals surface area contributed by atoms with Crippen LogP contribution >= 0.6 is 15.6 Å². The van der Waals surface area contributed by atoms with E-state index in [1.54, 1.807) is 0 Å². The molecule has 0 heterocycles. The minimum absolute atomic E-state index is 0.0630. The Morgan fingerprint density at radius 3 is 0.802 bits per heavy atom. The number of ether oxygens (including phenoxy) is 4. The number of hydrogen-bond donors (Lipinski definition) is 3. The van der Waals surface area contributed by atoms with Crippen molar-refractivity contribution in [1.82, 2.24) is 0 Å². The molecule has 0 aromatic carbocycles. The van der Waals surface area contributed by atoms with Gasteiger partial charge in [0.25, 0.3) is 0 Å². The largest absolute Gasteiger partial charge is 0.472 e. The highest BCUT2D eigenvalue weighted by Gasteiger charge is 2.30. The number of aliphatic hydroxyl groups is 1. The molecule has 600 valence electrons. The van der Waals surface area contributed by atoms with Crippen molar-refractivity contribution >= 4 is 39.5 Å². The fourth-order valence-electron chi connectivity index (χ4n) is 9.86. The maximum absolute atomic E-state index is 13.1. The Balaban J connectivity index is 5.47. The quantitative estimate of drug-likeness (QED) is 0.0169. The SMILES string of the molecule is CC/C=C\C/C=C\C/C=C\C/C=C\C/C=C\CCCCCC(=O)OCC(COP(=O)(O)OCC(O)COP(=O)(O)OCC(COC(=O)CCC/C=C\C/C=C\C/C=C\C/C=C\C/C=C\CC)OC(=O)CCCCCCCCC/C=C\C/C=C\C/C=C\CC)OC(=O)CCCCCCC/C=C\C/C=C\CCC. The highest BCUT2D eigenvalue weighted by atomic mass is 31.2. The third-order valence-corrected chi connectivity index (χ3v) is 17.7. The second-order valence-corrected chi connectivity index (χ2v) is 28.8. The van der Waals surface area contributed by atoms with Crippen LogP contribution in [0.15, 0.2) is 182 Å². The molecule has 0 radical (unpaired) electrons. The van der Waals surface area contributed by atoms with Crippen LogP contribution in [0.3, 0.4) is 0 Å². The molecule has 19 heteroatoms. The standard InChI is InChI=1S/C87H140O17P2/c1-5-9-13-17-21-25-29-33-36-39-40-43-45-49-52-56-60-64-68-72-85(90)97-77-82(103-86(91)73-69-65-61-57-53-47-32-28-24-20-16-12-8-4)79-101-105(93,94)99-75-81(88)76-100-106(95,96)102-80-83(104-87(92)74-70-66-62-58-54-50-46-42-38-35-31-27-23-19-15-11-7-3)78-98-84(89)71-67-63-59-55-51-48-44-41-37-34-30-26-22-18-14-10-6-2/h9-11,13-16,20-23,25-28,32-38,40,43-44,48-49,52,55,59,81-83,88H,5-8,12,17-19,24,29-31,39,41-42,45-47,50-51,53-54,56-58,60-80H2,1-4H3,(H,93,94)(H,95,96)/b13-9-,14-10-,15-11-,20-16-,25-21-,26-22-,27-23-,32-28-,36-33-,37-34-,38-35-,43-40-,48-44-,52-49-,59-55-. The summed E-state index contributed by atoms with van der Waals surface area (Å²) in [5, 5.41) is 10.6. The smallest absolute Gasteiger partial charge is 0.462 e. The second kappa shape index (κ2) is 77.3. The van der Waals surface area contributed by atoms with E-state index < -0.39 is 97.5 Å². The Kier molecular flexibility index (Phi) is 73.1. The minimum Gasteiger partial charge on any atom is -0.462 e. The molecule has 0 aromatic rings. The molecule has 0 fully saturated rings. The van der Waals surface area contributed by atoms with Gasteiger partial charge in [-0.15, -0.1) is 0 Å². The van der Waals surface area contributed by atoms with Gasteiger partial charge in [0.05, 0.1) is 26.4 Å². The Morgan fingerprint density at radius 1 is 0.274 bits per heavy atom. The van der Waals surface area contributed by atoms with Gasteiger partial charge in [0.2, 0.25) is 0 Å². The van der Waals surface area contributed by atoms with E-state index in [0.717, 1.165) is 199 Å². The number of carbonyl (C=O) groups excluding carboxylic acids is 4. The normalized spacial score (nSPS) is 14.8. The van der Waals surface area contributed by atoms with Crippen LogP contribution < -0.4 is 0 Å². The van der Waals surface area contributed by atoms with Crippen LogP contribution in [-0.2, 0) is 65.4 Å². The van der Waals surface area contributed by atoms with Crippen molar-refractivity contribution in [3.63, 3.8) is 0 Å². The molecular formula is C87H140O17P2. The van der Waals surface area contributed by atoms with Crippen molar-refractivity contribution in [2.24, 2.45) is 0 Å². The molecular weight excluding hydrogens is 1380 g/mol. The van der Waals surface area contributed by atoms with Gasteiger partial charge in [0, 0.05) is 25.7 Å². The first-order chi connectivity index (χ1) is 51.7. The molecule has 17 nitrogen and oxygen atoms in total. The Bertz CT molecular complexity index is 2730. The Hall–Kier alpha value is -5.84. The maximum atomic E-state index is 13.1. The molecule has 0 aliphatic carbocycles. The Labute approximate surface area is 641 Å². The summed E-state index contributed by atoms with van der Waals surface area (Å²) >= 11 is 0. The van der Waals surface area contributed by atoms with Crippen LogP contribution in [0.25, 0.3) is 0 Å². The number of unbranched alkanes of at least 4 members (excludes halogenated alkanes) is 17. The molecule has 0 aliphatic rings. The summed E-state index contributed by atoms with van der Waals surface area (Å²) in [6, 6.07) is 0. The van der Waals surface area contributed by atoms with Crippen molar-refractivity contribution < 1.29 is 80.2 Å². The minimum atomic E-state index is -5.01. The van der Waals surface area contributed by atoms with Gasteiger partial charge in [-0.1, -0.05) is 274 Å². The van der Waals surface area contributed by atoms with Gasteiger partial charge in [-0.2, -0.15) is 0 Å².